The monoisotopic (exact) mass is 517 g/mol. The van der Waals surface area contributed by atoms with E-state index in [1.807, 2.05) is 0 Å². The summed E-state index contributed by atoms with van der Waals surface area (Å²) < 4.78 is 13.3. The van der Waals surface area contributed by atoms with Crippen LogP contribution in [0.2, 0.25) is 0 Å². The Morgan fingerprint density at radius 3 is 2.30 bits per heavy atom. The summed E-state index contributed by atoms with van der Waals surface area (Å²) in [6, 6.07) is 2.69. The van der Waals surface area contributed by atoms with Crippen LogP contribution in [0.1, 0.15) is 64.4 Å². The molecule has 1 aliphatic heterocycles. The number of carbonyl (C=O) groups is 4. The maximum atomic E-state index is 13.7. The minimum Gasteiger partial charge on any atom is -0.355 e. The van der Waals surface area contributed by atoms with Crippen LogP contribution in [0.4, 0.5) is 4.39 Å². The van der Waals surface area contributed by atoms with Gasteiger partial charge in [-0.1, -0.05) is 31.4 Å². The topological polar surface area (TPSA) is 134 Å². The predicted molar refractivity (Wildman–Crippen MR) is 138 cm³/mol. The van der Waals surface area contributed by atoms with Gasteiger partial charge in [-0.2, -0.15) is 0 Å². The van der Waals surface area contributed by atoms with Crippen molar-refractivity contribution in [3.8, 4) is 0 Å². The van der Waals surface area contributed by atoms with E-state index < -0.39 is 30.1 Å². The molecule has 0 bridgehead atoms. The lowest BCUT2D eigenvalue weighted by Gasteiger charge is -2.35. The zero-order valence-corrected chi connectivity index (χ0v) is 21.8. The number of likely N-dealkylation sites (N-methyl/N-ethyl adjacent to an activating group) is 1. The zero-order chi connectivity index (χ0) is 26.9. The van der Waals surface area contributed by atoms with Crippen LogP contribution >= 0.6 is 0 Å². The van der Waals surface area contributed by atoms with Crippen LogP contribution in [-0.4, -0.2) is 65.8 Å². The Kier molecular flexibility index (Phi) is 10.4. The van der Waals surface area contributed by atoms with Gasteiger partial charge >= 0.3 is 0 Å². The van der Waals surface area contributed by atoms with Crippen LogP contribution < -0.4 is 21.7 Å². The molecule has 2 aliphatic rings. The van der Waals surface area contributed by atoms with Crippen LogP contribution in [0, 0.1) is 11.7 Å². The molecule has 0 spiro atoms. The van der Waals surface area contributed by atoms with Gasteiger partial charge in [0.05, 0.1) is 6.04 Å². The zero-order valence-electron chi connectivity index (χ0n) is 21.8. The number of carbonyl (C=O) groups excluding carboxylic acids is 4. The Morgan fingerprint density at radius 2 is 1.68 bits per heavy atom. The minimum atomic E-state index is -0.873. The highest BCUT2D eigenvalue weighted by molar-refractivity contribution is 5.95. The lowest BCUT2D eigenvalue weighted by atomic mass is 9.83. The average Bonchev–Trinajstić information content (AvgIpc) is 3.38. The number of nitrogens with zero attached hydrogens (tertiary/aromatic N) is 1. The standard InChI is InChI=1S/C27H40FN5O4/c1-3-30-25(35)21(16-18-11-13-20(28)14-12-18)31-26(36)22-10-7-15-33(22)27(37)23(32-24(34)17(2)29)19-8-5-4-6-9-19/h11-14,17,19,21-23H,3-10,15-16,29H2,1-2H3,(H,30,35)(H,31,36)(H,32,34)/t17-,21-,22-,23-/m0/s1. The fourth-order valence-corrected chi connectivity index (χ4v) is 5.25. The second kappa shape index (κ2) is 13.5. The Morgan fingerprint density at radius 1 is 1.00 bits per heavy atom. The van der Waals surface area contributed by atoms with Gasteiger partial charge in [0.2, 0.25) is 23.6 Å². The molecule has 37 heavy (non-hydrogen) atoms. The van der Waals surface area contributed by atoms with E-state index in [4.69, 9.17) is 5.73 Å². The summed E-state index contributed by atoms with van der Waals surface area (Å²) >= 11 is 0. The molecule has 0 aromatic heterocycles. The Labute approximate surface area is 218 Å². The molecule has 1 aliphatic carbocycles. The molecule has 0 radical (unpaired) electrons. The smallest absolute Gasteiger partial charge is 0.246 e. The molecule has 10 heteroatoms. The number of hydrogen-bond acceptors (Lipinski definition) is 5. The van der Waals surface area contributed by atoms with E-state index in [0.717, 1.165) is 32.1 Å². The van der Waals surface area contributed by atoms with Gasteiger partial charge < -0.3 is 26.6 Å². The van der Waals surface area contributed by atoms with Crippen LogP contribution in [0.15, 0.2) is 24.3 Å². The molecular weight excluding hydrogens is 477 g/mol. The Balaban J connectivity index is 1.75. The van der Waals surface area contributed by atoms with Gasteiger partial charge in [0.25, 0.3) is 0 Å². The molecular formula is C27H40FN5O4. The van der Waals surface area contributed by atoms with E-state index >= 15 is 0 Å². The van der Waals surface area contributed by atoms with Crippen molar-refractivity contribution in [2.75, 3.05) is 13.1 Å². The first-order valence-corrected chi connectivity index (χ1v) is 13.4. The number of nitrogens with two attached hydrogens (primary N) is 1. The maximum absolute atomic E-state index is 13.7. The number of benzene rings is 1. The molecule has 1 aromatic rings. The largest absolute Gasteiger partial charge is 0.355 e. The SMILES string of the molecule is CCNC(=O)[C@H](Cc1ccc(F)cc1)NC(=O)[C@@H]1CCCN1C(=O)[C@@H](NC(=O)[C@H](C)N)C1CCCCC1. The molecule has 1 heterocycles. The van der Waals surface area contributed by atoms with Crippen molar-refractivity contribution in [3.63, 3.8) is 0 Å². The molecule has 1 saturated carbocycles. The van der Waals surface area contributed by atoms with Crippen LogP contribution in [0.5, 0.6) is 0 Å². The maximum Gasteiger partial charge on any atom is 0.246 e. The summed E-state index contributed by atoms with van der Waals surface area (Å²) in [5.74, 6) is -1.81. The van der Waals surface area contributed by atoms with Crippen molar-refractivity contribution in [2.45, 2.75) is 89.4 Å². The molecule has 2 fully saturated rings. The van der Waals surface area contributed by atoms with Crippen molar-refractivity contribution < 1.29 is 23.6 Å². The fraction of sp³-hybridized carbons (Fsp3) is 0.630. The average molecular weight is 518 g/mol. The van der Waals surface area contributed by atoms with E-state index in [1.54, 1.807) is 30.9 Å². The second-order valence-electron chi connectivity index (χ2n) is 10.1. The molecule has 4 amide bonds. The van der Waals surface area contributed by atoms with Crippen LogP contribution in [-0.2, 0) is 25.6 Å². The molecule has 3 rings (SSSR count). The molecule has 9 nitrogen and oxygen atoms in total. The van der Waals surface area contributed by atoms with Crippen LogP contribution in [0.25, 0.3) is 0 Å². The van der Waals surface area contributed by atoms with Crippen molar-refractivity contribution in [2.24, 2.45) is 11.7 Å². The van der Waals surface area contributed by atoms with E-state index in [0.29, 0.717) is 31.5 Å². The van der Waals surface area contributed by atoms with Gasteiger partial charge in [0.1, 0.15) is 23.9 Å². The minimum absolute atomic E-state index is 0.00480. The summed E-state index contributed by atoms with van der Waals surface area (Å²) in [5.41, 5.74) is 6.46. The third kappa shape index (κ3) is 7.74. The molecule has 1 aromatic carbocycles. The molecule has 5 N–H and O–H groups in total. The second-order valence-corrected chi connectivity index (χ2v) is 10.1. The summed E-state index contributed by atoms with van der Waals surface area (Å²) in [7, 11) is 0. The summed E-state index contributed by atoms with van der Waals surface area (Å²) in [6.07, 6.45) is 6.04. The van der Waals surface area contributed by atoms with Crippen LogP contribution in [0.3, 0.4) is 0 Å². The van der Waals surface area contributed by atoms with Crippen molar-refractivity contribution in [1.29, 1.82) is 0 Å². The van der Waals surface area contributed by atoms with Crippen molar-refractivity contribution in [1.82, 2.24) is 20.9 Å². The molecule has 1 saturated heterocycles. The van der Waals surface area contributed by atoms with Gasteiger partial charge in [0.15, 0.2) is 0 Å². The van der Waals surface area contributed by atoms with Gasteiger partial charge in [-0.15, -0.1) is 0 Å². The number of amides is 4. The van der Waals surface area contributed by atoms with Crippen molar-refractivity contribution in [3.05, 3.63) is 35.6 Å². The van der Waals surface area contributed by atoms with Gasteiger partial charge in [0, 0.05) is 19.5 Å². The van der Waals surface area contributed by atoms with E-state index in [1.165, 1.54) is 12.1 Å². The quantitative estimate of drug-likeness (QED) is 0.372. The number of nitrogens with one attached hydrogen (secondary N) is 3. The Hall–Kier alpha value is -3.01. The first-order chi connectivity index (χ1) is 17.7. The molecule has 4 atom stereocenters. The highest BCUT2D eigenvalue weighted by atomic mass is 19.1. The number of hydrogen-bond donors (Lipinski definition) is 4. The third-order valence-corrected chi connectivity index (χ3v) is 7.27. The lowest BCUT2D eigenvalue weighted by molar-refractivity contribution is -0.143. The normalized spacial score (nSPS) is 20.5. The first-order valence-electron chi connectivity index (χ1n) is 13.4. The predicted octanol–water partition coefficient (Wildman–Crippen LogP) is 1.39. The highest BCUT2D eigenvalue weighted by Gasteiger charge is 2.41. The van der Waals surface area contributed by atoms with E-state index in [2.05, 4.69) is 16.0 Å². The highest BCUT2D eigenvalue weighted by Crippen LogP contribution is 2.29. The van der Waals surface area contributed by atoms with Crippen molar-refractivity contribution >= 4 is 23.6 Å². The molecule has 204 valence electrons. The fourth-order valence-electron chi connectivity index (χ4n) is 5.25. The summed E-state index contributed by atoms with van der Waals surface area (Å²) in [4.78, 5) is 53.9. The number of rotatable bonds is 10. The van der Waals surface area contributed by atoms with E-state index in [9.17, 15) is 23.6 Å². The summed E-state index contributed by atoms with van der Waals surface area (Å²) in [5, 5.41) is 8.41. The van der Waals surface area contributed by atoms with Gasteiger partial charge in [-0.05, 0) is 63.1 Å². The van der Waals surface area contributed by atoms with E-state index in [-0.39, 0.29) is 35.9 Å². The molecule has 0 unspecified atom stereocenters. The number of halogens is 1. The lowest BCUT2D eigenvalue weighted by Crippen LogP contribution is -2.59. The van der Waals surface area contributed by atoms with Gasteiger partial charge in [-0.25, -0.2) is 4.39 Å². The van der Waals surface area contributed by atoms with Gasteiger partial charge in [-0.3, -0.25) is 19.2 Å². The Bertz CT molecular complexity index is 949. The number of likely N-dealkylation sites (tertiary alicyclic amines) is 1. The third-order valence-electron chi connectivity index (χ3n) is 7.27. The first kappa shape index (κ1) is 28.6. The summed E-state index contributed by atoms with van der Waals surface area (Å²) in [6.45, 7) is 4.16.